The molecule has 1 unspecified atom stereocenters. The van der Waals surface area contributed by atoms with Crippen molar-refractivity contribution in [2.45, 2.75) is 19.8 Å². The first kappa shape index (κ1) is 24.4. The van der Waals surface area contributed by atoms with Crippen LogP contribution in [0, 0.1) is 25.2 Å². The van der Waals surface area contributed by atoms with Crippen molar-refractivity contribution in [3.8, 4) is 29.1 Å². The first-order valence-corrected chi connectivity index (χ1v) is 11.3. The van der Waals surface area contributed by atoms with E-state index in [1.165, 1.54) is 0 Å². The van der Waals surface area contributed by atoms with E-state index in [0.29, 0.717) is 29.4 Å². The summed E-state index contributed by atoms with van der Waals surface area (Å²) in [7, 11) is 0. The Hall–Kier alpha value is -4.70. The number of esters is 1. The fraction of sp³-hybridized carbons (Fsp3) is 0.172. The molecule has 182 valence electrons. The third-order valence-electron chi connectivity index (χ3n) is 5.56. The van der Waals surface area contributed by atoms with Crippen LogP contribution in [0.2, 0.25) is 0 Å². The highest BCUT2D eigenvalue weighted by Gasteiger charge is 2.31. The molecule has 0 bridgehead atoms. The normalized spacial score (nSPS) is 14.2. The zero-order chi connectivity index (χ0) is 25.7. The smallest absolute Gasteiger partial charge is 0.349 e. The molecule has 4 rings (SSSR count). The molecule has 3 aromatic carbocycles. The van der Waals surface area contributed by atoms with Crippen LogP contribution >= 0.6 is 0 Å². The summed E-state index contributed by atoms with van der Waals surface area (Å²) in [5.74, 6) is 0.980. The van der Waals surface area contributed by atoms with Gasteiger partial charge >= 0.3 is 5.97 Å². The molecule has 1 aliphatic heterocycles. The van der Waals surface area contributed by atoms with E-state index >= 15 is 0 Å². The summed E-state index contributed by atoms with van der Waals surface area (Å²) in [6.45, 7) is 7.71. The molecule has 0 spiro atoms. The molecule has 0 saturated heterocycles. The number of ether oxygens (including phenoxy) is 4. The molecule has 7 nitrogen and oxygen atoms in total. The van der Waals surface area contributed by atoms with Crippen molar-refractivity contribution in [3.05, 3.63) is 107 Å². The fourth-order valence-corrected chi connectivity index (χ4v) is 4.07. The Balaban J connectivity index is 1.52. The third-order valence-corrected chi connectivity index (χ3v) is 5.56. The van der Waals surface area contributed by atoms with Gasteiger partial charge in [-0.2, -0.15) is 5.26 Å². The van der Waals surface area contributed by atoms with Crippen molar-refractivity contribution in [3.63, 3.8) is 0 Å². The predicted octanol–water partition coefficient (Wildman–Crippen LogP) is 5.07. The number of rotatable bonds is 8. The van der Waals surface area contributed by atoms with Crippen LogP contribution < -0.4 is 24.7 Å². The van der Waals surface area contributed by atoms with Crippen molar-refractivity contribution in [2.75, 3.05) is 13.2 Å². The number of allylic oxidation sites excluding steroid dienone is 1. The molecule has 7 heteroatoms. The van der Waals surface area contributed by atoms with Crippen LogP contribution in [0.15, 0.2) is 84.8 Å². The van der Waals surface area contributed by atoms with Crippen LogP contribution in [0.4, 0.5) is 0 Å². The molecule has 0 aliphatic carbocycles. The van der Waals surface area contributed by atoms with Gasteiger partial charge in [-0.25, -0.2) is 4.79 Å². The number of carbonyl (C=O) groups excluding carboxylic acids is 1. The number of aryl methyl sites for hydroxylation is 2. The summed E-state index contributed by atoms with van der Waals surface area (Å²) in [6, 6.07) is 20.3. The Morgan fingerprint density at radius 2 is 1.72 bits per heavy atom. The van der Waals surface area contributed by atoms with Crippen molar-refractivity contribution in [1.82, 2.24) is 0 Å². The first-order chi connectivity index (χ1) is 17.4. The highest BCUT2D eigenvalue weighted by atomic mass is 16.6. The zero-order valence-electron chi connectivity index (χ0n) is 20.1. The molecule has 0 saturated carbocycles. The number of fused-ring (bicyclic) bond motifs is 1. The molecule has 0 radical (unpaired) electrons. The highest BCUT2D eigenvalue weighted by molar-refractivity contribution is 5.74. The van der Waals surface area contributed by atoms with Gasteiger partial charge in [0.2, 0.25) is 5.88 Å². The minimum Gasteiger partial charge on any atom is -0.490 e. The van der Waals surface area contributed by atoms with Gasteiger partial charge in [0.15, 0.2) is 6.61 Å². The largest absolute Gasteiger partial charge is 0.490 e. The topological polar surface area (TPSA) is 104 Å². The number of nitrogens with zero attached hydrogens (tertiary/aromatic N) is 1. The van der Waals surface area contributed by atoms with Crippen molar-refractivity contribution in [1.29, 1.82) is 5.26 Å². The Bertz CT molecular complexity index is 1350. The monoisotopic (exact) mass is 482 g/mol. The Morgan fingerprint density at radius 1 is 1.03 bits per heavy atom. The van der Waals surface area contributed by atoms with Gasteiger partial charge in [-0.3, -0.25) is 0 Å². The van der Waals surface area contributed by atoms with Gasteiger partial charge in [0.1, 0.15) is 41.2 Å². The van der Waals surface area contributed by atoms with Gasteiger partial charge in [-0.15, -0.1) is 0 Å². The number of benzene rings is 3. The number of carbonyl (C=O) groups is 1. The van der Waals surface area contributed by atoms with Crippen LogP contribution in [0.1, 0.15) is 28.2 Å². The van der Waals surface area contributed by atoms with E-state index in [9.17, 15) is 10.1 Å². The van der Waals surface area contributed by atoms with E-state index < -0.39 is 11.9 Å². The fourth-order valence-electron chi connectivity index (χ4n) is 4.07. The van der Waals surface area contributed by atoms with E-state index in [0.717, 1.165) is 22.3 Å². The standard InChI is InChI=1S/C29H26N2O5/c1-4-11-33-21-7-5-20(6-8-21)28-24-10-9-22(15-26(24)36-29(31)25(28)16-30)35-27(32)17-34-23-13-18(2)12-19(3)14-23/h4-10,12-15,28H,1,11,17,31H2,2-3H3. The third kappa shape index (κ3) is 5.50. The Kier molecular flexibility index (Phi) is 7.26. The highest BCUT2D eigenvalue weighted by Crippen LogP contribution is 2.43. The maximum absolute atomic E-state index is 12.4. The van der Waals surface area contributed by atoms with E-state index in [1.807, 2.05) is 56.3 Å². The summed E-state index contributed by atoms with van der Waals surface area (Å²) >= 11 is 0. The molecular weight excluding hydrogens is 456 g/mol. The minimum atomic E-state index is -0.558. The summed E-state index contributed by atoms with van der Waals surface area (Å²) < 4.78 is 22.3. The van der Waals surface area contributed by atoms with Crippen molar-refractivity contribution in [2.24, 2.45) is 5.73 Å². The van der Waals surface area contributed by atoms with Crippen LogP contribution in [0.3, 0.4) is 0 Å². The van der Waals surface area contributed by atoms with E-state index in [1.54, 1.807) is 24.3 Å². The average Bonchev–Trinajstić information content (AvgIpc) is 2.85. The lowest BCUT2D eigenvalue weighted by Gasteiger charge is -2.26. The molecule has 0 fully saturated rings. The summed E-state index contributed by atoms with van der Waals surface area (Å²) in [5, 5.41) is 9.76. The second kappa shape index (κ2) is 10.7. The lowest BCUT2D eigenvalue weighted by Crippen LogP contribution is -2.21. The quantitative estimate of drug-likeness (QED) is 0.272. The lowest BCUT2D eigenvalue weighted by molar-refractivity contribution is -0.136. The molecule has 1 atom stereocenters. The maximum Gasteiger partial charge on any atom is 0.349 e. The van der Waals surface area contributed by atoms with Gasteiger partial charge < -0.3 is 24.7 Å². The first-order valence-electron chi connectivity index (χ1n) is 11.3. The predicted molar refractivity (Wildman–Crippen MR) is 135 cm³/mol. The van der Waals surface area contributed by atoms with E-state index in [-0.39, 0.29) is 18.2 Å². The van der Waals surface area contributed by atoms with E-state index in [2.05, 4.69) is 12.6 Å². The molecular formula is C29H26N2O5. The van der Waals surface area contributed by atoms with Crippen LogP contribution in [0.5, 0.6) is 23.0 Å². The zero-order valence-corrected chi connectivity index (χ0v) is 20.1. The molecule has 3 aromatic rings. The molecule has 1 heterocycles. The number of hydrogen-bond acceptors (Lipinski definition) is 7. The van der Waals surface area contributed by atoms with Crippen molar-refractivity contribution < 1.29 is 23.7 Å². The van der Waals surface area contributed by atoms with Gasteiger partial charge in [0, 0.05) is 11.6 Å². The van der Waals surface area contributed by atoms with Gasteiger partial charge in [0.25, 0.3) is 0 Å². The SMILES string of the molecule is C=CCOc1ccc(C2C(C#N)=C(N)Oc3cc(OC(=O)COc4cc(C)cc(C)c4)ccc32)cc1. The van der Waals surface area contributed by atoms with Crippen molar-refractivity contribution >= 4 is 5.97 Å². The minimum absolute atomic E-state index is 0.00334. The molecule has 0 amide bonds. The van der Waals surface area contributed by atoms with Gasteiger partial charge in [-0.05, 0) is 60.9 Å². The summed E-state index contributed by atoms with van der Waals surface area (Å²) in [5.41, 5.74) is 10.0. The lowest BCUT2D eigenvalue weighted by atomic mass is 9.83. The maximum atomic E-state index is 12.4. The number of nitrogens with two attached hydrogens (primary N) is 1. The Morgan fingerprint density at radius 3 is 2.39 bits per heavy atom. The number of nitriles is 1. The molecule has 36 heavy (non-hydrogen) atoms. The Labute approximate surface area is 210 Å². The molecule has 1 aliphatic rings. The van der Waals surface area contributed by atoms with Gasteiger partial charge in [-0.1, -0.05) is 36.9 Å². The summed E-state index contributed by atoms with van der Waals surface area (Å²) in [6.07, 6.45) is 1.67. The second-order valence-corrected chi connectivity index (χ2v) is 8.38. The molecule has 2 N–H and O–H groups in total. The molecule has 0 aromatic heterocycles. The van der Waals surface area contributed by atoms with Crippen LogP contribution in [0.25, 0.3) is 0 Å². The average molecular weight is 483 g/mol. The van der Waals surface area contributed by atoms with Crippen LogP contribution in [-0.2, 0) is 4.79 Å². The number of hydrogen-bond donors (Lipinski definition) is 1. The van der Waals surface area contributed by atoms with E-state index in [4.69, 9.17) is 24.7 Å². The summed E-state index contributed by atoms with van der Waals surface area (Å²) in [4.78, 5) is 12.4. The van der Waals surface area contributed by atoms with Gasteiger partial charge in [0.05, 0.1) is 5.92 Å². The second-order valence-electron chi connectivity index (χ2n) is 8.38. The van der Waals surface area contributed by atoms with Crippen LogP contribution in [-0.4, -0.2) is 19.2 Å².